The second-order valence-electron chi connectivity index (χ2n) is 6.31. The Morgan fingerprint density at radius 1 is 1.16 bits per heavy atom. The van der Waals surface area contributed by atoms with Gasteiger partial charge in [-0.15, -0.1) is 0 Å². The van der Waals surface area contributed by atoms with Crippen molar-refractivity contribution in [3.05, 3.63) is 30.3 Å². The lowest BCUT2D eigenvalue weighted by Gasteiger charge is -2.38. The van der Waals surface area contributed by atoms with Gasteiger partial charge in [0.2, 0.25) is 0 Å². The van der Waals surface area contributed by atoms with Gasteiger partial charge in [0.15, 0.2) is 8.32 Å². The predicted octanol–water partition coefficient (Wildman–Crippen LogP) is 3.45. The van der Waals surface area contributed by atoms with Crippen molar-refractivity contribution in [1.82, 2.24) is 0 Å². The summed E-state index contributed by atoms with van der Waals surface area (Å²) in [6.07, 6.45) is -0.263. The Kier molecular flexibility index (Phi) is 5.59. The van der Waals surface area contributed by atoms with Crippen molar-refractivity contribution >= 4 is 8.32 Å². The Hall–Kier alpha value is -0.843. The van der Waals surface area contributed by atoms with Crippen LogP contribution in [-0.4, -0.2) is 32.7 Å². The molecule has 108 valence electrons. The van der Waals surface area contributed by atoms with E-state index in [-0.39, 0.29) is 17.7 Å². The van der Waals surface area contributed by atoms with Crippen LogP contribution < -0.4 is 4.74 Å². The Labute approximate surface area is 117 Å². The van der Waals surface area contributed by atoms with Crippen LogP contribution in [0.2, 0.25) is 18.1 Å². The molecule has 0 aliphatic heterocycles. The summed E-state index contributed by atoms with van der Waals surface area (Å²) in [5.41, 5.74) is 0. The highest BCUT2D eigenvalue weighted by Gasteiger charge is 2.39. The van der Waals surface area contributed by atoms with Gasteiger partial charge < -0.3 is 14.3 Å². The normalized spacial score (nSPS) is 14.2. The number of ether oxygens (including phenoxy) is 1. The fourth-order valence-electron chi connectivity index (χ4n) is 1.42. The highest BCUT2D eigenvalue weighted by atomic mass is 28.4. The topological polar surface area (TPSA) is 38.7 Å². The van der Waals surface area contributed by atoms with E-state index in [9.17, 15) is 5.11 Å². The van der Waals surface area contributed by atoms with Crippen molar-refractivity contribution in [3.63, 3.8) is 0 Å². The summed E-state index contributed by atoms with van der Waals surface area (Å²) in [5, 5.41) is 9.58. The summed E-state index contributed by atoms with van der Waals surface area (Å²) in [4.78, 5) is 0. The molecule has 1 N–H and O–H groups in total. The molecule has 0 saturated heterocycles. The first kappa shape index (κ1) is 16.2. The highest BCUT2D eigenvalue weighted by molar-refractivity contribution is 6.74. The average Bonchev–Trinajstić information content (AvgIpc) is 2.34. The zero-order valence-electron chi connectivity index (χ0n) is 12.6. The van der Waals surface area contributed by atoms with Gasteiger partial charge >= 0.3 is 0 Å². The minimum atomic E-state index is -1.87. The first-order valence-electron chi connectivity index (χ1n) is 6.73. The fraction of sp³-hybridized carbons (Fsp3) is 0.600. The van der Waals surface area contributed by atoms with E-state index in [2.05, 4.69) is 33.9 Å². The van der Waals surface area contributed by atoms with Gasteiger partial charge in [0.05, 0.1) is 6.61 Å². The van der Waals surface area contributed by atoms with E-state index in [1.165, 1.54) is 0 Å². The fourth-order valence-corrected chi connectivity index (χ4v) is 2.75. The summed E-state index contributed by atoms with van der Waals surface area (Å²) in [5.74, 6) is 0.805. The second kappa shape index (κ2) is 6.55. The van der Waals surface area contributed by atoms with Gasteiger partial charge in [-0.25, -0.2) is 0 Å². The Morgan fingerprint density at radius 2 is 1.74 bits per heavy atom. The first-order valence-corrected chi connectivity index (χ1v) is 9.63. The molecule has 1 aromatic rings. The molecule has 0 radical (unpaired) electrons. The lowest BCUT2D eigenvalue weighted by molar-refractivity contribution is 0.0614. The predicted molar refractivity (Wildman–Crippen MR) is 81.1 cm³/mol. The zero-order chi connectivity index (χ0) is 14.5. The van der Waals surface area contributed by atoms with E-state index in [0.29, 0.717) is 6.61 Å². The molecule has 0 aromatic heterocycles. The molecule has 0 bridgehead atoms. The molecule has 0 fully saturated rings. The Morgan fingerprint density at radius 3 is 2.21 bits per heavy atom. The van der Waals surface area contributed by atoms with Crippen molar-refractivity contribution in [2.24, 2.45) is 0 Å². The maximum atomic E-state index is 9.45. The Balaban J connectivity index is 2.55. The largest absolute Gasteiger partial charge is 0.491 e. The van der Waals surface area contributed by atoms with E-state index < -0.39 is 8.32 Å². The number of para-hydroxylation sites is 1. The van der Waals surface area contributed by atoms with Crippen LogP contribution in [0.1, 0.15) is 20.8 Å². The molecule has 1 aromatic carbocycles. The van der Waals surface area contributed by atoms with E-state index >= 15 is 0 Å². The number of benzene rings is 1. The summed E-state index contributed by atoms with van der Waals surface area (Å²) in [7, 11) is -1.87. The van der Waals surface area contributed by atoms with Crippen molar-refractivity contribution in [2.75, 3.05) is 13.2 Å². The first-order chi connectivity index (χ1) is 8.76. The molecule has 0 heterocycles. The van der Waals surface area contributed by atoms with Crippen LogP contribution in [0.4, 0.5) is 0 Å². The zero-order valence-corrected chi connectivity index (χ0v) is 13.6. The molecule has 4 heteroatoms. The minimum Gasteiger partial charge on any atom is -0.491 e. The van der Waals surface area contributed by atoms with Crippen LogP contribution in [0, 0.1) is 0 Å². The number of hydrogen-bond donors (Lipinski definition) is 1. The van der Waals surface area contributed by atoms with Crippen molar-refractivity contribution < 1.29 is 14.3 Å². The molecular formula is C15H26O3Si. The highest BCUT2D eigenvalue weighted by Crippen LogP contribution is 2.37. The molecule has 0 unspecified atom stereocenters. The number of aliphatic hydroxyl groups excluding tert-OH is 1. The van der Waals surface area contributed by atoms with Crippen molar-refractivity contribution in [1.29, 1.82) is 0 Å². The SMILES string of the molecule is CC(C)(C)[Si](C)(C)O[C@@H](CO)COc1ccccc1. The molecule has 0 spiro atoms. The molecule has 0 saturated carbocycles. The third-order valence-electron chi connectivity index (χ3n) is 3.65. The molecule has 0 aliphatic carbocycles. The molecular weight excluding hydrogens is 256 g/mol. The smallest absolute Gasteiger partial charge is 0.192 e. The van der Waals surface area contributed by atoms with Crippen molar-refractivity contribution in [3.8, 4) is 5.75 Å². The summed E-state index contributed by atoms with van der Waals surface area (Å²) < 4.78 is 11.8. The van der Waals surface area contributed by atoms with Gasteiger partial charge in [0.1, 0.15) is 18.5 Å². The standard InChI is InChI=1S/C15H26O3Si/c1-15(2,3)19(4,5)18-14(11-16)12-17-13-9-7-6-8-10-13/h6-10,14,16H,11-12H2,1-5H3/t14-/m0/s1. The summed E-state index contributed by atoms with van der Waals surface area (Å²) in [6.45, 7) is 11.3. The van der Waals surface area contributed by atoms with E-state index in [0.717, 1.165) is 5.75 Å². The second-order valence-corrected chi connectivity index (χ2v) is 11.1. The lowest BCUT2D eigenvalue weighted by atomic mass is 10.2. The van der Waals surface area contributed by atoms with Crippen LogP contribution in [0.5, 0.6) is 5.75 Å². The van der Waals surface area contributed by atoms with Gasteiger partial charge in [-0.3, -0.25) is 0 Å². The molecule has 3 nitrogen and oxygen atoms in total. The lowest BCUT2D eigenvalue weighted by Crippen LogP contribution is -2.46. The van der Waals surface area contributed by atoms with Crippen LogP contribution >= 0.6 is 0 Å². The van der Waals surface area contributed by atoms with E-state index in [4.69, 9.17) is 9.16 Å². The Bertz CT molecular complexity index is 371. The van der Waals surface area contributed by atoms with Crippen LogP contribution in [0.3, 0.4) is 0 Å². The van der Waals surface area contributed by atoms with E-state index in [1.807, 2.05) is 30.3 Å². The van der Waals surface area contributed by atoms with Gasteiger partial charge in [0.25, 0.3) is 0 Å². The summed E-state index contributed by atoms with van der Waals surface area (Å²) >= 11 is 0. The molecule has 1 atom stereocenters. The molecule has 0 amide bonds. The molecule has 0 aliphatic rings. The van der Waals surface area contributed by atoms with Gasteiger partial charge in [-0.2, -0.15) is 0 Å². The summed E-state index contributed by atoms with van der Waals surface area (Å²) in [6, 6.07) is 9.61. The molecule has 1 rings (SSSR count). The van der Waals surface area contributed by atoms with Gasteiger partial charge in [-0.05, 0) is 30.3 Å². The number of rotatable bonds is 6. The van der Waals surface area contributed by atoms with E-state index in [1.54, 1.807) is 0 Å². The quantitative estimate of drug-likeness (QED) is 0.812. The maximum absolute atomic E-state index is 9.45. The average molecular weight is 282 g/mol. The third-order valence-corrected chi connectivity index (χ3v) is 8.19. The minimum absolute atomic E-state index is 0.0145. The van der Waals surface area contributed by atoms with Crippen LogP contribution in [0.15, 0.2) is 30.3 Å². The van der Waals surface area contributed by atoms with Crippen LogP contribution in [0.25, 0.3) is 0 Å². The van der Waals surface area contributed by atoms with Gasteiger partial charge in [0, 0.05) is 0 Å². The maximum Gasteiger partial charge on any atom is 0.192 e. The molecule has 19 heavy (non-hydrogen) atoms. The number of aliphatic hydroxyl groups is 1. The van der Waals surface area contributed by atoms with Crippen molar-refractivity contribution in [2.45, 2.75) is 45.0 Å². The van der Waals surface area contributed by atoms with Gasteiger partial charge in [-0.1, -0.05) is 39.0 Å². The van der Waals surface area contributed by atoms with Crippen LogP contribution in [-0.2, 0) is 4.43 Å². The third kappa shape index (κ3) is 4.97. The monoisotopic (exact) mass is 282 g/mol. The number of hydrogen-bond acceptors (Lipinski definition) is 3.